The summed E-state index contributed by atoms with van der Waals surface area (Å²) in [6, 6.07) is 2.49. The normalized spacial score (nSPS) is 12.8. The molecular formula is C16H20F6N2O2. The Morgan fingerprint density at radius 2 is 1.46 bits per heavy atom. The average molecular weight is 386 g/mol. The highest BCUT2D eigenvalue weighted by atomic mass is 19.4. The number of nitrogens with zero attached hydrogens (tertiary/aromatic N) is 2. The van der Waals surface area contributed by atoms with Crippen LogP contribution >= 0.6 is 0 Å². The van der Waals surface area contributed by atoms with Crippen LogP contribution in [0.4, 0.5) is 36.8 Å². The zero-order chi connectivity index (χ0) is 20.3. The lowest BCUT2D eigenvalue weighted by Gasteiger charge is -2.33. The summed E-state index contributed by atoms with van der Waals surface area (Å²) in [5.74, 6) is 0. The van der Waals surface area contributed by atoms with Crippen molar-refractivity contribution in [1.29, 1.82) is 0 Å². The molecule has 2 amide bonds. The summed E-state index contributed by atoms with van der Waals surface area (Å²) >= 11 is 0. The second kappa shape index (κ2) is 7.73. The molecule has 0 bridgehead atoms. The topological polar surface area (TPSA) is 43.8 Å². The molecule has 0 aliphatic heterocycles. The van der Waals surface area contributed by atoms with E-state index in [4.69, 9.17) is 0 Å². The van der Waals surface area contributed by atoms with Crippen molar-refractivity contribution in [3.05, 3.63) is 29.8 Å². The van der Waals surface area contributed by atoms with E-state index in [9.17, 15) is 36.2 Å². The summed E-state index contributed by atoms with van der Waals surface area (Å²) in [4.78, 5) is 14.7. The summed E-state index contributed by atoms with van der Waals surface area (Å²) in [5.41, 5.74) is -6.22. The lowest BCUT2D eigenvalue weighted by Crippen LogP contribution is -2.53. The lowest BCUT2D eigenvalue weighted by molar-refractivity contribution is -0.376. The van der Waals surface area contributed by atoms with E-state index in [1.54, 1.807) is 0 Å². The van der Waals surface area contributed by atoms with Gasteiger partial charge in [0.15, 0.2) is 0 Å². The predicted molar refractivity (Wildman–Crippen MR) is 83.8 cm³/mol. The van der Waals surface area contributed by atoms with Crippen molar-refractivity contribution in [2.45, 2.75) is 37.7 Å². The average Bonchev–Trinajstić information content (AvgIpc) is 2.52. The maximum atomic E-state index is 12.9. The molecule has 0 aliphatic rings. The number of rotatable bonds is 5. The fraction of sp³-hybridized carbons (Fsp3) is 0.562. The standard InChI is InChI=1S/C16H20F6N2O2/c1-4-5-10-24(13(25)23(2)3)12-8-6-11(7-9-12)14(26,15(17,18)19)16(20,21)22/h6-9,26H,4-5,10H2,1-3H3. The van der Waals surface area contributed by atoms with Crippen LogP contribution in [-0.2, 0) is 5.60 Å². The smallest absolute Gasteiger partial charge is 0.369 e. The molecule has 0 heterocycles. The van der Waals surface area contributed by atoms with Gasteiger partial charge in [-0.1, -0.05) is 25.5 Å². The monoisotopic (exact) mass is 386 g/mol. The molecule has 0 atom stereocenters. The minimum Gasteiger partial charge on any atom is -0.369 e. The fourth-order valence-electron chi connectivity index (χ4n) is 2.26. The van der Waals surface area contributed by atoms with E-state index in [0.29, 0.717) is 18.6 Å². The Hall–Kier alpha value is -1.97. The maximum absolute atomic E-state index is 12.9. The largest absolute Gasteiger partial charge is 0.430 e. The molecule has 148 valence electrons. The second-order valence-corrected chi connectivity index (χ2v) is 5.93. The molecule has 0 spiro atoms. The highest BCUT2D eigenvalue weighted by Crippen LogP contribution is 2.50. The number of anilines is 1. The number of unbranched alkanes of at least 4 members (excludes halogenated alkanes) is 1. The van der Waals surface area contributed by atoms with Gasteiger partial charge in [-0.15, -0.1) is 0 Å². The number of carbonyl (C=O) groups is 1. The van der Waals surface area contributed by atoms with Gasteiger partial charge in [0.05, 0.1) is 0 Å². The molecule has 0 aliphatic carbocycles. The summed E-state index contributed by atoms with van der Waals surface area (Å²) in [5, 5.41) is 9.39. The third-order valence-corrected chi connectivity index (χ3v) is 3.77. The van der Waals surface area contributed by atoms with Crippen LogP contribution in [0.1, 0.15) is 25.3 Å². The molecule has 1 aromatic rings. The van der Waals surface area contributed by atoms with Gasteiger partial charge in [0.25, 0.3) is 5.60 Å². The number of alkyl halides is 6. The molecule has 0 saturated carbocycles. The van der Waals surface area contributed by atoms with Crippen LogP contribution < -0.4 is 4.90 Å². The predicted octanol–water partition coefficient (Wildman–Crippen LogP) is 4.29. The van der Waals surface area contributed by atoms with Crippen LogP contribution in [0.25, 0.3) is 0 Å². The molecule has 1 aromatic carbocycles. The van der Waals surface area contributed by atoms with Gasteiger partial charge in [-0.2, -0.15) is 26.3 Å². The number of carbonyl (C=O) groups excluding carboxylic acids is 1. The summed E-state index contributed by atoms with van der Waals surface area (Å²) in [7, 11) is 2.95. The minimum atomic E-state index is -5.95. The van der Waals surface area contributed by atoms with Gasteiger partial charge in [-0.25, -0.2) is 4.79 Å². The number of aliphatic hydroxyl groups is 1. The van der Waals surface area contributed by atoms with Crippen LogP contribution in [0.3, 0.4) is 0 Å². The minimum absolute atomic E-state index is 0.132. The van der Waals surface area contributed by atoms with Gasteiger partial charge < -0.3 is 10.0 Å². The van der Waals surface area contributed by atoms with E-state index in [0.717, 1.165) is 18.6 Å². The van der Waals surface area contributed by atoms with E-state index in [1.165, 1.54) is 23.9 Å². The first-order chi connectivity index (χ1) is 11.8. The Morgan fingerprint density at radius 3 is 1.81 bits per heavy atom. The quantitative estimate of drug-likeness (QED) is 0.768. The van der Waals surface area contributed by atoms with E-state index in [1.807, 2.05) is 6.92 Å². The number of hydrogen-bond acceptors (Lipinski definition) is 2. The van der Waals surface area contributed by atoms with Crippen molar-refractivity contribution in [2.75, 3.05) is 25.5 Å². The lowest BCUT2D eigenvalue weighted by atomic mass is 9.92. The molecule has 0 fully saturated rings. The van der Waals surface area contributed by atoms with Crippen LogP contribution in [0.15, 0.2) is 24.3 Å². The molecule has 0 unspecified atom stereocenters. The van der Waals surface area contributed by atoms with Gasteiger partial charge in [-0.3, -0.25) is 4.90 Å². The fourth-order valence-corrected chi connectivity index (χ4v) is 2.26. The van der Waals surface area contributed by atoms with Crippen molar-refractivity contribution in [1.82, 2.24) is 4.90 Å². The Labute approximate surface area is 147 Å². The third-order valence-electron chi connectivity index (χ3n) is 3.77. The van der Waals surface area contributed by atoms with Crippen molar-refractivity contribution >= 4 is 11.7 Å². The summed E-state index contributed by atoms with van der Waals surface area (Å²) in [6.07, 6.45) is -10.6. The number of amides is 2. The Kier molecular flexibility index (Phi) is 6.56. The first kappa shape index (κ1) is 22.1. The Morgan fingerprint density at radius 1 is 1.00 bits per heavy atom. The second-order valence-electron chi connectivity index (χ2n) is 5.93. The molecule has 0 aromatic heterocycles. The van der Waals surface area contributed by atoms with Crippen molar-refractivity contribution in [3.8, 4) is 0 Å². The highest BCUT2D eigenvalue weighted by Gasteiger charge is 2.71. The number of halogens is 6. The highest BCUT2D eigenvalue weighted by molar-refractivity contribution is 5.91. The molecule has 1 rings (SSSR count). The van der Waals surface area contributed by atoms with E-state index < -0.39 is 29.5 Å². The summed E-state index contributed by atoms with van der Waals surface area (Å²) in [6.45, 7) is 2.11. The Bertz CT molecular complexity index is 597. The molecular weight excluding hydrogens is 366 g/mol. The SMILES string of the molecule is CCCCN(C(=O)N(C)C)c1ccc(C(O)(C(F)(F)F)C(F)(F)F)cc1. The van der Waals surface area contributed by atoms with Gasteiger partial charge in [0.2, 0.25) is 0 Å². The number of hydrogen-bond donors (Lipinski definition) is 1. The van der Waals surface area contributed by atoms with Gasteiger partial charge in [-0.05, 0) is 18.6 Å². The molecule has 26 heavy (non-hydrogen) atoms. The molecule has 1 N–H and O–H groups in total. The van der Waals surface area contributed by atoms with Gasteiger partial charge >= 0.3 is 18.4 Å². The van der Waals surface area contributed by atoms with E-state index in [-0.39, 0.29) is 12.2 Å². The van der Waals surface area contributed by atoms with Crippen molar-refractivity contribution < 1.29 is 36.2 Å². The maximum Gasteiger partial charge on any atom is 0.430 e. The summed E-state index contributed by atoms with van der Waals surface area (Å²) < 4.78 is 77.4. The van der Waals surface area contributed by atoms with Crippen LogP contribution in [0.5, 0.6) is 0 Å². The molecule has 0 radical (unpaired) electrons. The number of benzene rings is 1. The first-order valence-corrected chi connectivity index (χ1v) is 7.72. The van der Waals surface area contributed by atoms with E-state index >= 15 is 0 Å². The van der Waals surface area contributed by atoms with Crippen molar-refractivity contribution in [2.24, 2.45) is 0 Å². The molecule has 0 saturated heterocycles. The molecule has 4 nitrogen and oxygen atoms in total. The van der Waals surface area contributed by atoms with Gasteiger partial charge in [0, 0.05) is 31.9 Å². The third kappa shape index (κ3) is 4.22. The zero-order valence-corrected chi connectivity index (χ0v) is 14.4. The van der Waals surface area contributed by atoms with Gasteiger partial charge in [0.1, 0.15) is 0 Å². The van der Waals surface area contributed by atoms with Crippen LogP contribution in [0.2, 0.25) is 0 Å². The van der Waals surface area contributed by atoms with Crippen LogP contribution in [0, 0.1) is 0 Å². The zero-order valence-electron chi connectivity index (χ0n) is 14.4. The van der Waals surface area contributed by atoms with E-state index in [2.05, 4.69) is 0 Å². The van der Waals surface area contributed by atoms with Crippen molar-refractivity contribution in [3.63, 3.8) is 0 Å². The molecule has 10 heteroatoms. The first-order valence-electron chi connectivity index (χ1n) is 7.72. The number of urea groups is 1. The Balaban J connectivity index is 3.32. The van der Waals surface area contributed by atoms with Crippen LogP contribution in [-0.4, -0.2) is 49.0 Å².